The third-order valence-corrected chi connectivity index (χ3v) is 6.80. The number of hydrogen-bond acceptors (Lipinski definition) is 7. The molecule has 1 fully saturated rings. The molecular weight excluding hydrogens is 420 g/mol. The van der Waals surface area contributed by atoms with E-state index in [-0.39, 0.29) is 30.2 Å². The van der Waals surface area contributed by atoms with Gasteiger partial charge in [-0.1, -0.05) is 53.2 Å². The van der Waals surface area contributed by atoms with Gasteiger partial charge in [0.05, 0.1) is 11.4 Å². The molecule has 3 aromatic rings. The monoisotopic (exact) mass is 440 g/mol. The molecule has 1 N–H and O–H groups in total. The number of nitrogens with one attached hydrogen (secondary N) is 1. The molecule has 10 heteroatoms. The highest BCUT2D eigenvalue weighted by atomic mass is 32.2. The quantitative estimate of drug-likeness (QED) is 0.622. The van der Waals surface area contributed by atoms with Crippen LogP contribution in [-0.2, 0) is 26.2 Å². The maximum atomic E-state index is 13.0. The number of amides is 2. The first-order valence-electron chi connectivity index (χ1n) is 9.66. The van der Waals surface area contributed by atoms with E-state index in [0.29, 0.717) is 10.1 Å². The second-order valence-electron chi connectivity index (χ2n) is 7.16. The summed E-state index contributed by atoms with van der Waals surface area (Å²) in [6.45, 7) is 1.75. The van der Waals surface area contributed by atoms with Gasteiger partial charge in [-0.15, -0.1) is 0 Å². The van der Waals surface area contributed by atoms with Crippen LogP contribution in [0.15, 0.2) is 64.0 Å². The van der Waals surface area contributed by atoms with Crippen LogP contribution in [0.1, 0.15) is 24.3 Å². The fraction of sp³-hybridized carbons (Fsp3) is 0.238. The first kappa shape index (κ1) is 20.7. The van der Waals surface area contributed by atoms with Crippen molar-refractivity contribution in [3.63, 3.8) is 0 Å². The minimum absolute atomic E-state index is 0.0259. The van der Waals surface area contributed by atoms with Crippen LogP contribution in [0.25, 0.3) is 11.4 Å². The lowest BCUT2D eigenvalue weighted by molar-refractivity contribution is -0.130. The highest BCUT2D eigenvalue weighted by molar-refractivity contribution is 7.89. The fourth-order valence-corrected chi connectivity index (χ4v) is 4.94. The van der Waals surface area contributed by atoms with E-state index in [2.05, 4.69) is 15.5 Å². The Bertz CT molecular complexity index is 1210. The van der Waals surface area contributed by atoms with E-state index in [1.165, 1.54) is 12.1 Å². The molecular formula is C21H20N4O5S. The number of carbonyl (C=O) groups excluding carboxylic acids is 2. The Hall–Kier alpha value is -3.53. The Morgan fingerprint density at radius 1 is 1.16 bits per heavy atom. The fourth-order valence-electron chi connectivity index (χ4n) is 3.34. The SMILES string of the molecule is Cc1ccc(S(=O)(=O)N2C(=O)CC[C@H]2C(=O)NCc2nc(-c3ccccc3)no2)cc1. The van der Waals surface area contributed by atoms with Gasteiger partial charge in [-0.2, -0.15) is 4.98 Å². The molecule has 1 atom stereocenters. The van der Waals surface area contributed by atoms with Gasteiger partial charge in [0.2, 0.25) is 23.5 Å². The highest BCUT2D eigenvalue weighted by Crippen LogP contribution is 2.27. The van der Waals surface area contributed by atoms with Gasteiger partial charge >= 0.3 is 0 Å². The third kappa shape index (κ3) is 4.19. The second kappa shape index (κ2) is 8.31. The zero-order chi connectivity index (χ0) is 22.0. The van der Waals surface area contributed by atoms with Gasteiger partial charge in [-0.25, -0.2) is 12.7 Å². The van der Waals surface area contributed by atoms with Gasteiger partial charge < -0.3 is 9.84 Å². The van der Waals surface area contributed by atoms with Crippen LogP contribution in [0.4, 0.5) is 0 Å². The van der Waals surface area contributed by atoms with Crippen LogP contribution in [0, 0.1) is 6.92 Å². The van der Waals surface area contributed by atoms with Crippen molar-refractivity contribution in [3.05, 3.63) is 66.1 Å². The number of hydrogen-bond donors (Lipinski definition) is 1. The molecule has 2 aromatic carbocycles. The van der Waals surface area contributed by atoms with Gasteiger partial charge in [0.25, 0.3) is 10.0 Å². The molecule has 0 unspecified atom stereocenters. The Balaban J connectivity index is 1.47. The molecule has 1 saturated heterocycles. The van der Waals surface area contributed by atoms with E-state index >= 15 is 0 Å². The van der Waals surface area contributed by atoms with E-state index < -0.39 is 27.9 Å². The molecule has 1 aliphatic rings. The van der Waals surface area contributed by atoms with Crippen LogP contribution in [-0.4, -0.2) is 40.7 Å². The summed E-state index contributed by atoms with van der Waals surface area (Å²) in [5.41, 5.74) is 1.65. The summed E-state index contributed by atoms with van der Waals surface area (Å²) in [6.07, 6.45) is 0.0801. The van der Waals surface area contributed by atoms with Crippen LogP contribution in [0.3, 0.4) is 0 Å². The van der Waals surface area contributed by atoms with Crippen molar-refractivity contribution in [2.45, 2.75) is 37.2 Å². The predicted molar refractivity (Wildman–Crippen MR) is 110 cm³/mol. The smallest absolute Gasteiger partial charge is 0.267 e. The van der Waals surface area contributed by atoms with Crippen molar-refractivity contribution in [2.24, 2.45) is 0 Å². The summed E-state index contributed by atoms with van der Waals surface area (Å²) >= 11 is 0. The summed E-state index contributed by atoms with van der Waals surface area (Å²) in [5.74, 6) is -0.653. The molecule has 0 radical (unpaired) electrons. The molecule has 31 heavy (non-hydrogen) atoms. The number of aryl methyl sites for hydroxylation is 1. The predicted octanol–water partition coefficient (Wildman–Crippen LogP) is 2.04. The van der Waals surface area contributed by atoms with E-state index in [1.54, 1.807) is 12.1 Å². The molecule has 1 aliphatic heterocycles. The summed E-state index contributed by atoms with van der Waals surface area (Å²) in [4.78, 5) is 29.3. The van der Waals surface area contributed by atoms with Gasteiger partial charge in [0.1, 0.15) is 6.04 Å². The maximum absolute atomic E-state index is 13.0. The minimum Gasteiger partial charge on any atom is -0.345 e. The molecule has 2 amide bonds. The lowest BCUT2D eigenvalue weighted by atomic mass is 10.2. The number of aromatic nitrogens is 2. The van der Waals surface area contributed by atoms with Crippen molar-refractivity contribution in [1.29, 1.82) is 0 Å². The Labute approximate surface area is 179 Å². The second-order valence-corrected chi connectivity index (χ2v) is 8.97. The highest BCUT2D eigenvalue weighted by Gasteiger charge is 2.44. The standard InChI is InChI=1S/C21H20N4O5S/c1-14-7-9-16(10-8-14)31(28,29)25-17(11-12-19(25)26)21(27)22-13-18-23-20(24-30-18)15-5-3-2-4-6-15/h2-10,17H,11-13H2,1H3,(H,22,27)/t17-/m0/s1. The Kier molecular flexibility index (Phi) is 5.55. The van der Waals surface area contributed by atoms with Crippen molar-refractivity contribution < 1.29 is 22.5 Å². The number of carbonyl (C=O) groups is 2. The molecule has 0 saturated carbocycles. The van der Waals surface area contributed by atoms with Gasteiger partial charge in [-0.05, 0) is 25.5 Å². The van der Waals surface area contributed by atoms with Crippen molar-refractivity contribution in [3.8, 4) is 11.4 Å². The number of sulfonamides is 1. The summed E-state index contributed by atoms with van der Waals surface area (Å²) in [7, 11) is -4.14. The third-order valence-electron chi connectivity index (χ3n) is 4.95. The molecule has 0 bridgehead atoms. The molecule has 9 nitrogen and oxygen atoms in total. The van der Waals surface area contributed by atoms with Crippen LogP contribution >= 0.6 is 0 Å². The minimum atomic E-state index is -4.14. The summed E-state index contributed by atoms with van der Waals surface area (Å²) in [6, 6.07) is 14.2. The van der Waals surface area contributed by atoms with Crippen molar-refractivity contribution in [1.82, 2.24) is 19.8 Å². The molecule has 4 rings (SSSR count). The summed E-state index contributed by atoms with van der Waals surface area (Å²) in [5, 5.41) is 6.47. The van der Waals surface area contributed by atoms with Crippen molar-refractivity contribution in [2.75, 3.05) is 0 Å². The van der Waals surface area contributed by atoms with E-state index in [9.17, 15) is 18.0 Å². The molecule has 160 valence electrons. The average Bonchev–Trinajstić information content (AvgIpc) is 3.40. The van der Waals surface area contributed by atoms with Crippen molar-refractivity contribution >= 4 is 21.8 Å². The lowest BCUT2D eigenvalue weighted by Gasteiger charge is -2.23. The lowest BCUT2D eigenvalue weighted by Crippen LogP contribution is -2.47. The number of rotatable bonds is 6. The zero-order valence-electron chi connectivity index (χ0n) is 16.7. The molecule has 0 spiro atoms. The van der Waals surface area contributed by atoms with Crippen LogP contribution in [0.2, 0.25) is 0 Å². The number of benzene rings is 2. The topological polar surface area (TPSA) is 122 Å². The normalized spacial score (nSPS) is 16.5. The van der Waals surface area contributed by atoms with Gasteiger partial charge in [0.15, 0.2) is 0 Å². The zero-order valence-corrected chi connectivity index (χ0v) is 17.5. The van der Waals surface area contributed by atoms with Gasteiger partial charge in [-0.3, -0.25) is 9.59 Å². The van der Waals surface area contributed by atoms with Crippen LogP contribution in [0.5, 0.6) is 0 Å². The summed E-state index contributed by atoms with van der Waals surface area (Å²) < 4.78 is 31.8. The molecule has 0 aliphatic carbocycles. The van der Waals surface area contributed by atoms with E-state index in [4.69, 9.17) is 4.52 Å². The molecule has 1 aromatic heterocycles. The first-order chi connectivity index (χ1) is 14.9. The Morgan fingerprint density at radius 2 is 1.87 bits per heavy atom. The van der Waals surface area contributed by atoms with E-state index in [1.807, 2.05) is 37.3 Å². The van der Waals surface area contributed by atoms with Gasteiger partial charge in [0, 0.05) is 12.0 Å². The molecule has 2 heterocycles. The average molecular weight is 440 g/mol. The first-order valence-corrected chi connectivity index (χ1v) is 11.1. The Morgan fingerprint density at radius 3 is 2.58 bits per heavy atom. The largest absolute Gasteiger partial charge is 0.345 e. The maximum Gasteiger partial charge on any atom is 0.267 e. The van der Waals surface area contributed by atoms with E-state index in [0.717, 1.165) is 11.1 Å². The number of nitrogens with zero attached hydrogens (tertiary/aromatic N) is 3. The van der Waals surface area contributed by atoms with Crippen LogP contribution < -0.4 is 5.32 Å².